The maximum atomic E-state index is 12.5. The van der Waals surface area contributed by atoms with Gasteiger partial charge < -0.3 is 19.3 Å². The molecule has 1 atom stereocenters. The fourth-order valence-corrected chi connectivity index (χ4v) is 2.55. The number of fused-ring (bicyclic) bond motifs is 1. The number of benzene rings is 2. The zero-order chi connectivity index (χ0) is 15.7. The molecule has 22 heavy (non-hydrogen) atoms. The molecule has 1 heterocycles. The number of Topliss-reactive ketones (excluding diaryl/α,β-unsaturated/α-hetero) is 1. The van der Waals surface area contributed by atoms with Gasteiger partial charge in [0.15, 0.2) is 5.78 Å². The van der Waals surface area contributed by atoms with Crippen molar-refractivity contribution >= 4 is 5.78 Å². The normalized spacial score (nSPS) is 16.6. The molecule has 5 nitrogen and oxygen atoms in total. The Labute approximate surface area is 128 Å². The number of hydrogen-bond acceptors (Lipinski definition) is 5. The number of carbonyl (C=O) groups is 1. The van der Waals surface area contributed by atoms with Crippen LogP contribution >= 0.6 is 0 Å². The van der Waals surface area contributed by atoms with Gasteiger partial charge >= 0.3 is 0 Å². The predicted octanol–water partition coefficient (Wildman–Crippen LogP) is 3.12. The van der Waals surface area contributed by atoms with Crippen molar-refractivity contribution < 1.29 is 24.1 Å². The van der Waals surface area contributed by atoms with Crippen LogP contribution in [0.5, 0.6) is 23.0 Å². The summed E-state index contributed by atoms with van der Waals surface area (Å²) in [5.41, 5.74) is 1.27. The van der Waals surface area contributed by atoms with Gasteiger partial charge in [-0.05, 0) is 17.7 Å². The average Bonchev–Trinajstić information content (AvgIpc) is 2.54. The van der Waals surface area contributed by atoms with Crippen molar-refractivity contribution in [2.45, 2.75) is 12.5 Å². The number of ether oxygens (including phenoxy) is 3. The zero-order valence-corrected chi connectivity index (χ0v) is 12.3. The molecule has 2 aromatic carbocycles. The summed E-state index contributed by atoms with van der Waals surface area (Å²) in [6.45, 7) is 0. The van der Waals surface area contributed by atoms with Crippen molar-refractivity contribution in [1.82, 2.24) is 0 Å². The van der Waals surface area contributed by atoms with Gasteiger partial charge in [-0.25, -0.2) is 0 Å². The molecular weight excluding hydrogens is 284 g/mol. The van der Waals surface area contributed by atoms with Gasteiger partial charge in [0.1, 0.15) is 34.7 Å². The fourth-order valence-electron chi connectivity index (χ4n) is 2.55. The number of rotatable bonds is 3. The highest BCUT2D eigenvalue weighted by atomic mass is 16.5. The molecule has 1 N–H and O–H groups in total. The van der Waals surface area contributed by atoms with Crippen LogP contribution in [-0.2, 0) is 0 Å². The van der Waals surface area contributed by atoms with Crippen LogP contribution in [0.25, 0.3) is 0 Å². The molecule has 0 unspecified atom stereocenters. The van der Waals surface area contributed by atoms with Gasteiger partial charge in [-0.3, -0.25) is 4.79 Å². The van der Waals surface area contributed by atoms with Gasteiger partial charge in [0, 0.05) is 12.1 Å². The van der Waals surface area contributed by atoms with E-state index in [9.17, 15) is 9.90 Å². The van der Waals surface area contributed by atoms with E-state index in [1.54, 1.807) is 43.5 Å². The zero-order valence-electron chi connectivity index (χ0n) is 12.3. The van der Waals surface area contributed by atoms with Crippen molar-refractivity contribution in [3.05, 3.63) is 47.5 Å². The van der Waals surface area contributed by atoms with Gasteiger partial charge in [0.05, 0.1) is 20.6 Å². The smallest absolute Gasteiger partial charge is 0.174 e. The van der Waals surface area contributed by atoms with Crippen molar-refractivity contribution in [3.8, 4) is 23.0 Å². The second-order valence-electron chi connectivity index (χ2n) is 5.03. The molecular formula is C17H16O5. The van der Waals surface area contributed by atoms with E-state index in [1.807, 2.05) is 0 Å². The van der Waals surface area contributed by atoms with Crippen molar-refractivity contribution in [2.24, 2.45) is 0 Å². The first-order chi connectivity index (χ1) is 10.6. The third-order valence-electron chi connectivity index (χ3n) is 3.68. The minimum atomic E-state index is -0.391. The number of carbonyl (C=O) groups excluding carboxylic acids is 1. The average molecular weight is 300 g/mol. The quantitative estimate of drug-likeness (QED) is 0.943. The second-order valence-corrected chi connectivity index (χ2v) is 5.03. The summed E-state index contributed by atoms with van der Waals surface area (Å²) in [4.78, 5) is 12.5. The van der Waals surface area contributed by atoms with Crippen LogP contribution < -0.4 is 14.2 Å². The topological polar surface area (TPSA) is 65.0 Å². The summed E-state index contributed by atoms with van der Waals surface area (Å²) >= 11 is 0. The van der Waals surface area contributed by atoms with E-state index in [4.69, 9.17) is 14.2 Å². The second kappa shape index (κ2) is 5.60. The molecule has 114 valence electrons. The number of phenols is 1. The molecule has 0 saturated carbocycles. The van der Waals surface area contributed by atoms with E-state index in [0.717, 1.165) is 5.56 Å². The van der Waals surface area contributed by atoms with Crippen LogP contribution in [0.15, 0.2) is 36.4 Å². The van der Waals surface area contributed by atoms with Crippen LogP contribution in [-0.4, -0.2) is 25.1 Å². The standard InChI is InChI=1S/C17H16O5/c1-20-12-7-15(21-2)17-13(19)9-14(22-16(17)8-12)10-3-5-11(18)6-4-10/h3-8,14,18H,9H2,1-2H3/t14-/m0/s1. The molecule has 0 radical (unpaired) electrons. The van der Waals surface area contributed by atoms with E-state index >= 15 is 0 Å². The van der Waals surface area contributed by atoms with Crippen LogP contribution in [0, 0.1) is 0 Å². The Hall–Kier alpha value is -2.69. The van der Waals surface area contributed by atoms with E-state index < -0.39 is 6.10 Å². The summed E-state index contributed by atoms with van der Waals surface area (Å²) in [5.74, 6) is 1.59. The van der Waals surface area contributed by atoms with E-state index in [0.29, 0.717) is 22.8 Å². The Bertz CT molecular complexity index is 706. The molecule has 0 aliphatic carbocycles. The first kappa shape index (κ1) is 14.3. The largest absolute Gasteiger partial charge is 0.508 e. The Morgan fingerprint density at radius 1 is 1.14 bits per heavy atom. The van der Waals surface area contributed by atoms with Crippen LogP contribution in [0.2, 0.25) is 0 Å². The molecule has 1 aliphatic heterocycles. The van der Waals surface area contributed by atoms with Crippen molar-refractivity contribution in [3.63, 3.8) is 0 Å². The minimum absolute atomic E-state index is 0.0428. The molecule has 1 aliphatic rings. The first-order valence-corrected chi connectivity index (χ1v) is 6.87. The minimum Gasteiger partial charge on any atom is -0.508 e. The van der Waals surface area contributed by atoms with Crippen molar-refractivity contribution in [1.29, 1.82) is 0 Å². The Morgan fingerprint density at radius 2 is 1.86 bits per heavy atom. The maximum Gasteiger partial charge on any atom is 0.174 e. The molecule has 2 aromatic rings. The van der Waals surface area contributed by atoms with Crippen LogP contribution in [0.3, 0.4) is 0 Å². The van der Waals surface area contributed by atoms with Gasteiger partial charge in [-0.1, -0.05) is 12.1 Å². The number of ketones is 1. The number of hydrogen-bond donors (Lipinski definition) is 1. The predicted molar refractivity (Wildman–Crippen MR) is 80.0 cm³/mol. The lowest BCUT2D eigenvalue weighted by molar-refractivity contribution is 0.0844. The monoisotopic (exact) mass is 300 g/mol. The lowest BCUT2D eigenvalue weighted by Gasteiger charge is -2.27. The Morgan fingerprint density at radius 3 is 2.50 bits per heavy atom. The Kier molecular flexibility index (Phi) is 3.63. The molecule has 0 fully saturated rings. The molecule has 0 spiro atoms. The molecule has 0 bridgehead atoms. The summed E-state index contributed by atoms with van der Waals surface area (Å²) in [5, 5.41) is 9.36. The number of methoxy groups -OCH3 is 2. The third-order valence-corrected chi connectivity index (χ3v) is 3.68. The lowest BCUT2D eigenvalue weighted by atomic mass is 9.95. The Balaban J connectivity index is 2.01. The van der Waals surface area contributed by atoms with Gasteiger partial charge in [0.2, 0.25) is 0 Å². The SMILES string of the molecule is COc1cc(OC)c2c(c1)O[C@H](c1ccc(O)cc1)CC2=O. The summed E-state index contributed by atoms with van der Waals surface area (Å²) in [6, 6.07) is 9.99. The van der Waals surface area contributed by atoms with E-state index in [2.05, 4.69) is 0 Å². The summed E-state index contributed by atoms with van der Waals surface area (Å²) in [6.07, 6.45) is -0.169. The van der Waals surface area contributed by atoms with E-state index in [-0.39, 0.29) is 18.0 Å². The fraction of sp³-hybridized carbons (Fsp3) is 0.235. The van der Waals surface area contributed by atoms with Crippen molar-refractivity contribution in [2.75, 3.05) is 14.2 Å². The maximum absolute atomic E-state index is 12.5. The van der Waals surface area contributed by atoms with Gasteiger partial charge in [0.25, 0.3) is 0 Å². The molecule has 0 amide bonds. The molecule has 0 aromatic heterocycles. The highest BCUT2D eigenvalue weighted by molar-refractivity contribution is 6.02. The highest BCUT2D eigenvalue weighted by Gasteiger charge is 2.31. The highest BCUT2D eigenvalue weighted by Crippen LogP contribution is 2.42. The lowest BCUT2D eigenvalue weighted by Crippen LogP contribution is -2.21. The van der Waals surface area contributed by atoms with Gasteiger partial charge in [-0.2, -0.15) is 0 Å². The van der Waals surface area contributed by atoms with Crippen LogP contribution in [0.4, 0.5) is 0 Å². The van der Waals surface area contributed by atoms with E-state index in [1.165, 1.54) is 7.11 Å². The summed E-state index contributed by atoms with van der Waals surface area (Å²) < 4.78 is 16.4. The third kappa shape index (κ3) is 2.45. The molecule has 3 rings (SSSR count). The molecule has 5 heteroatoms. The number of aromatic hydroxyl groups is 1. The first-order valence-electron chi connectivity index (χ1n) is 6.87. The van der Waals surface area contributed by atoms with Crippen LogP contribution in [0.1, 0.15) is 28.4 Å². The van der Waals surface area contributed by atoms with Gasteiger partial charge in [-0.15, -0.1) is 0 Å². The molecule has 0 saturated heterocycles. The summed E-state index contributed by atoms with van der Waals surface area (Å²) in [7, 11) is 3.05. The number of phenolic OH excluding ortho intramolecular Hbond substituents is 1.